The van der Waals surface area contributed by atoms with Gasteiger partial charge in [-0.1, -0.05) is 43.7 Å². The van der Waals surface area contributed by atoms with Gasteiger partial charge >= 0.3 is 0 Å². The number of anilines is 1. The van der Waals surface area contributed by atoms with Crippen LogP contribution in [0.5, 0.6) is 0 Å². The van der Waals surface area contributed by atoms with E-state index in [1.54, 1.807) is 0 Å². The molecule has 0 radical (unpaired) electrons. The van der Waals surface area contributed by atoms with Gasteiger partial charge in [-0.3, -0.25) is 0 Å². The Morgan fingerprint density at radius 1 is 1.10 bits per heavy atom. The molecule has 0 heterocycles. The van der Waals surface area contributed by atoms with E-state index in [1.807, 2.05) is 0 Å². The number of hydrogen-bond acceptors (Lipinski definition) is 3. The number of nitrogens with two attached hydrogens (primary N) is 1. The minimum absolute atomic E-state index is 0.0252. The van der Waals surface area contributed by atoms with E-state index in [9.17, 15) is 8.42 Å². The van der Waals surface area contributed by atoms with Crippen LogP contribution >= 0.6 is 11.6 Å². The molecule has 0 atom stereocenters. The SMILES string of the molecule is Nc1cc(S(=O)(=O)NC2CCCCCCC2)ccc1Cl. The van der Waals surface area contributed by atoms with Gasteiger partial charge in [-0.05, 0) is 31.0 Å². The molecule has 4 nitrogen and oxygen atoms in total. The zero-order chi connectivity index (χ0) is 14.6. The summed E-state index contributed by atoms with van der Waals surface area (Å²) in [6.07, 6.45) is 7.60. The fourth-order valence-electron chi connectivity index (χ4n) is 2.55. The van der Waals surface area contributed by atoms with Gasteiger partial charge < -0.3 is 5.73 Å². The molecule has 2 rings (SSSR count). The average molecular weight is 317 g/mol. The van der Waals surface area contributed by atoms with Crippen molar-refractivity contribution in [3.8, 4) is 0 Å². The quantitative estimate of drug-likeness (QED) is 0.840. The van der Waals surface area contributed by atoms with Gasteiger partial charge in [-0.15, -0.1) is 0 Å². The van der Waals surface area contributed by atoms with E-state index < -0.39 is 10.0 Å². The molecule has 0 bridgehead atoms. The standard InChI is InChI=1S/C14H21ClN2O2S/c15-13-9-8-12(10-14(13)16)20(18,19)17-11-6-4-2-1-3-5-7-11/h8-11,17H,1-7,16H2. The van der Waals surface area contributed by atoms with Gasteiger partial charge in [0.1, 0.15) is 0 Å². The maximum atomic E-state index is 12.4. The van der Waals surface area contributed by atoms with Gasteiger partial charge in [-0.2, -0.15) is 0 Å². The Morgan fingerprint density at radius 3 is 2.30 bits per heavy atom. The van der Waals surface area contributed by atoms with Crippen LogP contribution in [0.4, 0.5) is 5.69 Å². The highest BCUT2D eigenvalue weighted by Gasteiger charge is 2.21. The molecule has 6 heteroatoms. The predicted molar refractivity (Wildman–Crippen MR) is 82.3 cm³/mol. The van der Waals surface area contributed by atoms with Crippen molar-refractivity contribution in [2.24, 2.45) is 0 Å². The largest absolute Gasteiger partial charge is 0.397 e. The minimum Gasteiger partial charge on any atom is -0.397 e. The summed E-state index contributed by atoms with van der Waals surface area (Å²) < 4.78 is 27.5. The highest BCUT2D eigenvalue weighted by atomic mass is 35.5. The molecule has 1 aliphatic carbocycles. The lowest BCUT2D eigenvalue weighted by Gasteiger charge is -2.21. The summed E-state index contributed by atoms with van der Waals surface area (Å²) in [5.74, 6) is 0. The van der Waals surface area contributed by atoms with Crippen molar-refractivity contribution >= 4 is 27.3 Å². The molecule has 0 aromatic heterocycles. The minimum atomic E-state index is -3.52. The van der Waals surface area contributed by atoms with Crippen LogP contribution in [0.2, 0.25) is 5.02 Å². The van der Waals surface area contributed by atoms with Gasteiger partial charge in [0.05, 0.1) is 15.6 Å². The fourth-order valence-corrected chi connectivity index (χ4v) is 4.01. The first-order valence-corrected chi connectivity index (χ1v) is 8.92. The molecule has 20 heavy (non-hydrogen) atoms. The van der Waals surface area contributed by atoms with Crippen LogP contribution in [0, 0.1) is 0 Å². The molecule has 1 aromatic carbocycles. The van der Waals surface area contributed by atoms with E-state index in [0.717, 1.165) is 25.7 Å². The lowest BCUT2D eigenvalue weighted by atomic mass is 9.97. The number of rotatable bonds is 3. The Kier molecular flexibility index (Phi) is 5.29. The molecule has 0 unspecified atom stereocenters. The Balaban J connectivity index is 2.10. The smallest absolute Gasteiger partial charge is 0.240 e. The van der Waals surface area contributed by atoms with Gasteiger partial charge in [0.25, 0.3) is 0 Å². The Labute approximate surface area is 125 Å². The molecule has 0 aliphatic heterocycles. The Bertz CT molecular complexity index is 552. The number of nitrogen functional groups attached to an aromatic ring is 1. The Morgan fingerprint density at radius 2 is 1.70 bits per heavy atom. The second-order valence-electron chi connectivity index (χ2n) is 5.35. The second-order valence-corrected chi connectivity index (χ2v) is 7.47. The number of halogens is 1. The first-order valence-electron chi connectivity index (χ1n) is 7.06. The molecule has 0 amide bonds. The predicted octanol–water partition coefficient (Wildman–Crippen LogP) is 3.31. The molecule has 0 saturated heterocycles. The summed E-state index contributed by atoms with van der Waals surface area (Å²) in [4.78, 5) is 0.182. The normalized spacial score (nSPS) is 18.4. The number of hydrogen-bond donors (Lipinski definition) is 2. The van der Waals surface area contributed by atoms with E-state index in [0.29, 0.717) is 5.02 Å². The molecule has 1 aromatic rings. The van der Waals surface area contributed by atoms with Crippen molar-refractivity contribution in [2.75, 3.05) is 5.73 Å². The second kappa shape index (κ2) is 6.78. The molecular formula is C14H21ClN2O2S. The average Bonchev–Trinajstić information content (AvgIpc) is 2.35. The number of nitrogens with one attached hydrogen (secondary N) is 1. The number of sulfonamides is 1. The molecule has 1 aliphatic rings. The third kappa shape index (κ3) is 4.11. The zero-order valence-corrected chi connectivity index (χ0v) is 13.0. The molecule has 0 spiro atoms. The first kappa shape index (κ1) is 15.6. The third-order valence-corrected chi connectivity index (χ3v) is 5.57. The molecule has 3 N–H and O–H groups in total. The van der Waals surface area contributed by atoms with E-state index in [-0.39, 0.29) is 16.6 Å². The molecule has 1 saturated carbocycles. The maximum absolute atomic E-state index is 12.4. The van der Waals surface area contributed by atoms with Crippen molar-refractivity contribution < 1.29 is 8.42 Å². The van der Waals surface area contributed by atoms with E-state index in [4.69, 9.17) is 17.3 Å². The summed E-state index contributed by atoms with van der Waals surface area (Å²) in [5, 5.41) is 0.370. The highest BCUT2D eigenvalue weighted by molar-refractivity contribution is 7.89. The van der Waals surface area contributed by atoms with Crippen molar-refractivity contribution in [2.45, 2.75) is 55.9 Å². The summed E-state index contributed by atoms with van der Waals surface area (Å²) in [6, 6.07) is 4.44. The van der Waals surface area contributed by atoms with Crippen LogP contribution in [0.15, 0.2) is 23.1 Å². The topological polar surface area (TPSA) is 72.2 Å². The van der Waals surface area contributed by atoms with Crippen molar-refractivity contribution in [1.29, 1.82) is 0 Å². The lowest BCUT2D eigenvalue weighted by Crippen LogP contribution is -2.35. The van der Waals surface area contributed by atoms with Gasteiger partial charge in [0.15, 0.2) is 0 Å². The summed E-state index contributed by atoms with van der Waals surface area (Å²) in [5.41, 5.74) is 5.96. The first-order chi connectivity index (χ1) is 9.49. The summed E-state index contributed by atoms with van der Waals surface area (Å²) >= 11 is 5.82. The molecular weight excluding hydrogens is 296 g/mol. The van der Waals surface area contributed by atoms with Crippen molar-refractivity contribution in [3.05, 3.63) is 23.2 Å². The van der Waals surface area contributed by atoms with Crippen LogP contribution in [0.1, 0.15) is 44.9 Å². The highest BCUT2D eigenvalue weighted by Crippen LogP contribution is 2.23. The zero-order valence-electron chi connectivity index (χ0n) is 11.4. The van der Waals surface area contributed by atoms with Crippen LogP contribution in [0.3, 0.4) is 0 Å². The third-order valence-electron chi connectivity index (χ3n) is 3.70. The van der Waals surface area contributed by atoms with E-state index >= 15 is 0 Å². The van der Waals surface area contributed by atoms with E-state index in [2.05, 4.69) is 4.72 Å². The van der Waals surface area contributed by atoms with Crippen LogP contribution < -0.4 is 10.5 Å². The molecule has 1 fully saturated rings. The van der Waals surface area contributed by atoms with Gasteiger partial charge in [-0.25, -0.2) is 13.1 Å². The van der Waals surface area contributed by atoms with Crippen LogP contribution in [-0.4, -0.2) is 14.5 Å². The maximum Gasteiger partial charge on any atom is 0.240 e. The van der Waals surface area contributed by atoms with Gasteiger partial charge in [0.2, 0.25) is 10.0 Å². The lowest BCUT2D eigenvalue weighted by molar-refractivity contribution is 0.426. The van der Waals surface area contributed by atoms with Crippen molar-refractivity contribution in [1.82, 2.24) is 4.72 Å². The summed E-state index contributed by atoms with van der Waals surface area (Å²) in [7, 11) is -3.52. The van der Waals surface area contributed by atoms with Gasteiger partial charge in [0, 0.05) is 6.04 Å². The van der Waals surface area contributed by atoms with Crippen LogP contribution in [-0.2, 0) is 10.0 Å². The number of benzene rings is 1. The van der Waals surface area contributed by atoms with E-state index in [1.165, 1.54) is 37.5 Å². The Hall–Kier alpha value is -0.780. The molecule has 112 valence electrons. The summed E-state index contributed by atoms with van der Waals surface area (Å²) in [6.45, 7) is 0. The monoisotopic (exact) mass is 316 g/mol. The van der Waals surface area contributed by atoms with Crippen molar-refractivity contribution in [3.63, 3.8) is 0 Å². The van der Waals surface area contributed by atoms with Crippen LogP contribution in [0.25, 0.3) is 0 Å². The fraction of sp³-hybridized carbons (Fsp3) is 0.571.